The average Bonchev–Trinajstić information content (AvgIpc) is 2.48. The smallest absolute Gasteiger partial charge is 0.315 e. The standard InChI is InChI=1S/C15H16FN3O/c16-14-3-1-12(2-4-14)7-10-18-15(20)19-11-13-5-8-17-9-6-13/h1-6,8-9H,7,10-11H2,(H2,18,19,20). The Morgan fingerprint density at radius 3 is 2.40 bits per heavy atom. The normalized spacial score (nSPS) is 10.1. The van der Waals surface area contributed by atoms with Crippen molar-refractivity contribution in [1.29, 1.82) is 0 Å². The zero-order valence-electron chi connectivity index (χ0n) is 11.0. The Hall–Kier alpha value is -2.43. The monoisotopic (exact) mass is 273 g/mol. The van der Waals surface area contributed by atoms with Gasteiger partial charge in [0.1, 0.15) is 5.82 Å². The van der Waals surface area contributed by atoms with Crippen LogP contribution in [0.15, 0.2) is 48.8 Å². The van der Waals surface area contributed by atoms with Gasteiger partial charge >= 0.3 is 6.03 Å². The van der Waals surface area contributed by atoms with Gasteiger partial charge in [0.05, 0.1) is 0 Å². The lowest BCUT2D eigenvalue weighted by Gasteiger charge is -2.07. The summed E-state index contributed by atoms with van der Waals surface area (Å²) in [5, 5.41) is 5.51. The largest absolute Gasteiger partial charge is 0.338 e. The number of rotatable bonds is 5. The van der Waals surface area contributed by atoms with Crippen LogP contribution in [-0.2, 0) is 13.0 Å². The van der Waals surface area contributed by atoms with Crippen LogP contribution in [0.1, 0.15) is 11.1 Å². The van der Waals surface area contributed by atoms with Crippen LogP contribution in [0.5, 0.6) is 0 Å². The van der Waals surface area contributed by atoms with Gasteiger partial charge in [0.2, 0.25) is 0 Å². The predicted molar refractivity (Wildman–Crippen MR) is 74.6 cm³/mol. The van der Waals surface area contributed by atoms with Gasteiger partial charge in [-0.3, -0.25) is 4.98 Å². The number of benzene rings is 1. The molecule has 1 aromatic heterocycles. The highest BCUT2D eigenvalue weighted by atomic mass is 19.1. The minimum Gasteiger partial charge on any atom is -0.338 e. The Balaban J connectivity index is 1.66. The van der Waals surface area contributed by atoms with E-state index in [0.29, 0.717) is 19.5 Å². The number of halogens is 1. The van der Waals surface area contributed by atoms with Crippen LogP contribution in [0.3, 0.4) is 0 Å². The number of hydrogen-bond donors (Lipinski definition) is 2. The van der Waals surface area contributed by atoms with Crippen molar-refractivity contribution < 1.29 is 9.18 Å². The van der Waals surface area contributed by atoms with E-state index in [1.54, 1.807) is 24.5 Å². The van der Waals surface area contributed by atoms with Crippen molar-refractivity contribution in [3.05, 3.63) is 65.7 Å². The van der Waals surface area contributed by atoms with E-state index in [1.807, 2.05) is 12.1 Å². The molecule has 4 nitrogen and oxygen atoms in total. The van der Waals surface area contributed by atoms with E-state index in [0.717, 1.165) is 11.1 Å². The molecule has 0 saturated carbocycles. The molecule has 20 heavy (non-hydrogen) atoms. The van der Waals surface area contributed by atoms with Gasteiger partial charge in [0.25, 0.3) is 0 Å². The fraction of sp³-hybridized carbons (Fsp3) is 0.200. The summed E-state index contributed by atoms with van der Waals surface area (Å²) in [6.45, 7) is 0.971. The van der Waals surface area contributed by atoms with Crippen molar-refractivity contribution in [1.82, 2.24) is 15.6 Å². The zero-order chi connectivity index (χ0) is 14.2. The van der Waals surface area contributed by atoms with Crippen LogP contribution < -0.4 is 10.6 Å². The van der Waals surface area contributed by atoms with Crippen LogP contribution in [0.4, 0.5) is 9.18 Å². The van der Waals surface area contributed by atoms with Crippen LogP contribution in [-0.4, -0.2) is 17.6 Å². The maximum absolute atomic E-state index is 12.7. The average molecular weight is 273 g/mol. The van der Waals surface area contributed by atoms with E-state index in [1.165, 1.54) is 12.1 Å². The van der Waals surface area contributed by atoms with Gasteiger partial charge in [-0.1, -0.05) is 12.1 Å². The molecule has 0 bridgehead atoms. The molecule has 1 aromatic carbocycles. The maximum atomic E-state index is 12.7. The number of pyridine rings is 1. The van der Waals surface area contributed by atoms with E-state index in [9.17, 15) is 9.18 Å². The first kappa shape index (κ1) is 14.0. The number of nitrogens with zero attached hydrogens (tertiary/aromatic N) is 1. The molecule has 2 N–H and O–H groups in total. The van der Waals surface area contributed by atoms with Gasteiger partial charge in [-0.15, -0.1) is 0 Å². The summed E-state index contributed by atoms with van der Waals surface area (Å²) in [6, 6.07) is 9.73. The molecule has 0 atom stereocenters. The van der Waals surface area contributed by atoms with E-state index in [4.69, 9.17) is 0 Å². The SMILES string of the molecule is O=C(NCCc1ccc(F)cc1)NCc1ccncc1. The number of hydrogen-bond acceptors (Lipinski definition) is 2. The van der Waals surface area contributed by atoms with Crippen molar-refractivity contribution >= 4 is 6.03 Å². The summed E-state index contributed by atoms with van der Waals surface area (Å²) in [5.74, 6) is -0.253. The molecular formula is C15H16FN3O. The molecule has 0 spiro atoms. The lowest BCUT2D eigenvalue weighted by atomic mass is 10.1. The van der Waals surface area contributed by atoms with E-state index < -0.39 is 0 Å². The van der Waals surface area contributed by atoms with E-state index in [-0.39, 0.29) is 11.8 Å². The molecule has 2 amide bonds. The molecule has 0 fully saturated rings. The van der Waals surface area contributed by atoms with Crippen LogP contribution in [0.25, 0.3) is 0 Å². The minimum absolute atomic E-state index is 0.219. The maximum Gasteiger partial charge on any atom is 0.315 e. The van der Waals surface area contributed by atoms with Crippen LogP contribution in [0.2, 0.25) is 0 Å². The molecule has 0 unspecified atom stereocenters. The molecular weight excluding hydrogens is 257 g/mol. The molecule has 5 heteroatoms. The molecule has 0 saturated heterocycles. The quantitative estimate of drug-likeness (QED) is 0.878. The third kappa shape index (κ3) is 4.68. The molecule has 0 aliphatic rings. The number of nitrogens with one attached hydrogen (secondary N) is 2. The summed E-state index contributed by atoms with van der Waals surface area (Å²) in [6.07, 6.45) is 4.04. The summed E-state index contributed by atoms with van der Waals surface area (Å²) >= 11 is 0. The highest BCUT2D eigenvalue weighted by molar-refractivity contribution is 5.73. The Kier molecular flexibility index (Phi) is 5.06. The first-order valence-electron chi connectivity index (χ1n) is 6.39. The number of amides is 2. The first-order chi connectivity index (χ1) is 9.74. The lowest BCUT2D eigenvalue weighted by Crippen LogP contribution is -2.36. The van der Waals surface area contributed by atoms with Crippen molar-refractivity contribution in [2.45, 2.75) is 13.0 Å². The third-order valence-corrected chi connectivity index (χ3v) is 2.81. The molecule has 104 valence electrons. The molecule has 1 heterocycles. The van der Waals surface area contributed by atoms with E-state index >= 15 is 0 Å². The highest BCUT2D eigenvalue weighted by Crippen LogP contribution is 2.02. The fourth-order valence-corrected chi connectivity index (χ4v) is 1.72. The van der Waals surface area contributed by atoms with Gasteiger partial charge in [-0.05, 0) is 41.8 Å². The lowest BCUT2D eigenvalue weighted by molar-refractivity contribution is 0.240. The summed E-state index contributed by atoms with van der Waals surface area (Å²) in [7, 11) is 0. The van der Waals surface area contributed by atoms with Crippen LogP contribution >= 0.6 is 0 Å². The second-order valence-corrected chi connectivity index (χ2v) is 4.34. The molecule has 0 aliphatic heterocycles. The molecule has 0 aliphatic carbocycles. The summed E-state index contributed by atoms with van der Waals surface area (Å²) in [4.78, 5) is 15.5. The number of urea groups is 1. The third-order valence-electron chi connectivity index (χ3n) is 2.81. The second kappa shape index (κ2) is 7.23. The first-order valence-corrected chi connectivity index (χ1v) is 6.39. The summed E-state index contributed by atoms with van der Waals surface area (Å²) < 4.78 is 12.7. The van der Waals surface area contributed by atoms with Gasteiger partial charge in [-0.2, -0.15) is 0 Å². The van der Waals surface area contributed by atoms with E-state index in [2.05, 4.69) is 15.6 Å². The van der Waals surface area contributed by atoms with Gasteiger partial charge in [-0.25, -0.2) is 9.18 Å². The van der Waals surface area contributed by atoms with Crippen molar-refractivity contribution in [3.63, 3.8) is 0 Å². The number of carbonyl (C=O) groups excluding carboxylic acids is 1. The zero-order valence-corrected chi connectivity index (χ0v) is 11.0. The molecule has 2 aromatic rings. The predicted octanol–water partition coefficient (Wildman–Crippen LogP) is 2.26. The Morgan fingerprint density at radius 1 is 1.00 bits per heavy atom. The van der Waals surface area contributed by atoms with Crippen LogP contribution in [0, 0.1) is 5.82 Å². The van der Waals surface area contributed by atoms with Crippen molar-refractivity contribution in [3.8, 4) is 0 Å². The highest BCUT2D eigenvalue weighted by Gasteiger charge is 2.00. The second-order valence-electron chi connectivity index (χ2n) is 4.34. The van der Waals surface area contributed by atoms with Gasteiger partial charge in [0.15, 0.2) is 0 Å². The molecule has 0 radical (unpaired) electrons. The van der Waals surface area contributed by atoms with Crippen molar-refractivity contribution in [2.24, 2.45) is 0 Å². The van der Waals surface area contributed by atoms with Gasteiger partial charge in [0, 0.05) is 25.5 Å². The Morgan fingerprint density at radius 2 is 1.70 bits per heavy atom. The molecule has 2 rings (SSSR count). The topological polar surface area (TPSA) is 54.0 Å². The van der Waals surface area contributed by atoms with Crippen molar-refractivity contribution in [2.75, 3.05) is 6.54 Å². The minimum atomic E-state index is -0.253. The summed E-state index contributed by atoms with van der Waals surface area (Å²) in [5.41, 5.74) is 1.98. The number of aromatic nitrogens is 1. The Labute approximate surface area is 117 Å². The number of carbonyl (C=O) groups is 1. The van der Waals surface area contributed by atoms with Gasteiger partial charge < -0.3 is 10.6 Å². The Bertz CT molecular complexity index is 543. The fourth-order valence-electron chi connectivity index (χ4n) is 1.72.